The van der Waals surface area contributed by atoms with Crippen molar-refractivity contribution < 1.29 is 4.79 Å². The van der Waals surface area contributed by atoms with Crippen LogP contribution in [-0.2, 0) is 0 Å². The highest BCUT2D eigenvalue weighted by Gasteiger charge is 2.34. The zero-order chi connectivity index (χ0) is 12.5. The van der Waals surface area contributed by atoms with Crippen molar-refractivity contribution in [2.45, 2.75) is 18.9 Å². The minimum Gasteiger partial charge on any atom is -0.397 e. The summed E-state index contributed by atoms with van der Waals surface area (Å²) in [5.41, 5.74) is 6.58. The van der Waals surface area contributed by atoms with E-state index in [0.717, 1.165) is 6.54 Å². The first-order valence-electron chi connectivity index (χ1n) is 6.47. The number of hydrogen-bond donors (Lipinski definition) is 2. The van der Waals surface area contributed by atoms with Crippen molar-refractivity contribution in [1.29, 1.82) is 0 Å². The molecule has 1 atom stereocenters. The van der Waals surface area contributed by atoms with Crippen molar-refractivity contribution in [2.24, 2.45) is 5.92 Å². The molecule has 1 unspecified atom stereocenters. The zero-order valence-corrected chi connectivity index (χ0v) is 10.3. The van der Waals surface area contributed by atoms with E-state index in [9.17, 15) is 4.79 Å². The van der Waals surface area contributed by atoms with E-state index in [1.54, 1.807) is 12.1 Å². The molecule has 0 aromatic carbocycles. The van der Waals surface area contributed by atoms with Gasteiger partial charge in [0.1, 0.15) is 5.69 Å². The maximum Gasteiger partial charge on any atom is 0.270 e. The van der Waals surface area contributed by atoms with Crippen LogP contribution < -0.4 is 11.1 Å². The van der Waals surface area contributed by atoms with Crippen molar-refractivity contribution in [3.05, 3.63) is 24.0 Å². The molecule has 5 heteroatoms. The second kappa shape index (κ2) is 4.57. The highest BCUT2D eigenvalue weighted by molar-refractivity contribution is 5.92. The number of pyridine rings is 1. The number of nitrogens with zero attached hydrogens (tertiary/aromatic N) is 2. The Morgan fingerprint density at radius 3 is 2.72 bits per heavy atom. The Bertz CT molecular complexity index is 437. The summed E-state index contributed by atoms with van der Waals surface area (Å²) in [6.07, 6.45) is 3.91. The van der Waals surface area contributed by atoms with Crippen LogP contribution in [0.2, 0.25) is 0 Å². The van der Waals surface area contributed by atoms with Gasteiger partial charge in [0.15, 0.2) is 0 Å². The smallest absolute Gasteiger partial charge is 0.270 e. The van der Waals surface area contributed by atoms with Gasteiger partial charge in [-0.25, -0.2) is 4.98 Å². The predicted octanol–water partition coefficient (Wildman–Crippen LogP) is 0.488. The lowest BCUT2D eigenvalue weighted by molar-refractivity contribution is 0.0618. The normalized spacial score (nSPS) is 30.1. The first-order valence-corrected chi connectivity index (χ1v) is 6.47. The Kier molecular flexibility index (Phi) is 2.91. The lowest BCUT2D eigenvalue weighted by Crippen LogP contribution is -2.57. The lowest BCUT2D eigenvalue weighted by Gasteiger charge is -2.44. The molecule has 0 radical (unpaired) electrons. The molecule has 4 heterocycles. The lowest BCUT2D eigenvalue weighted by atomic mass is 9.84. The van der Waals surface area contributed by atoms with Crippen LogP contribution in [0.25, 0.3) is 0 Å². The molecule has 4 rings (SSSR count). The number of carbonyl (C=O) groups is 1. The Morgan fingerprint density at radius 1 is 1.39 bits per heavy atom. The van der Waals surface area contributed by atoms with Crippen LogP contribution in [-0.4, -0.2) is 41.5 Å². The summed E-state index contributed by atoms with van der Waals surface area (Å²) in [5, 5.41) is 3.10. The topological polar surface area (TPSA) is 71.2 Å². The number of anilines is 1. The minimum absolute atomic E-state index is 0.0891. The maximum absolute atomic E-state index is 12.1. The van der Waals surface area contributed by atoms with Crippen LogP contribution in [0.3, 0.4) is 0 Å². The van der Waals surface area contributed by atoms with Gasteiger partial charge in [-0.1, -0.05) is 0 Å². The summed E-state index contributed by atoms with van der Waals surface area (Å²) >= 11 is 0. The summed E-state index contributed by atoms with van der Waals surface area (Å²) < 4.78 is 0. The van der Waals surface area contributed by atoms with Gasteiger partial charge in [-0.05, 0) is 44.0 Å². The van der Waals surface area contributed by atoms with E-state index in [1.165, 1.54) is 32.1 Å². The third-order valence-electron chi connectivity index (χ3n) is 3.99. The monoisotopic (exact) mass is 246 g/mol. The number of nitrogen functional groups attached to an aromatic ring is 1. The second-order valence-corrected chi connectivity index (χ2v) is 5.19. The van der Waals surface area contributed by atoms with E-state index in [2.05, 4.69) is 15.2 Å². The van der Waals surface area contributed by atoms with Gasteiger partial charge in [0.25, 0.3) is 5.91 Å². The van der Waals surface area contributed by atoms with Crippen molar-refractivity contribution in [3.63, 3.8) is 0 Å². The number of piperidine rings is 3. The van der Waals surface area contributed by atoms with Crippen LogP contribution in [0.5, 0.6) is 0 Å². The molecule has 96 valence electrons. The van der Waals surface area contributed by atoms with Crippen molar-refractivity contribution in [1.82, 2.24) is 15.2 Å². The van der Waals surface area contributed by atoms with Gasteiger partial charge in [0.05, 0.1) is 11.9 Å². The van der Waals surface area contributed by atoms with E-state index >= 15 is 0 Å². The molecule has 0 aliphatic carbocycles. The Hall–Kier alpha value is -1.62. The van der Waals surface area contributed by atoms with Gasteiger partial charge in [-0.15, -0.1) is 0 Å². The number of hydrogen-bond acceptors (Lipinski definition) is 4. The van der Waals surface area contributed by atoms with Gasteiger partial charge >= 0.3 is 0 Å². The van der Waals surface area contributed by atoms with Crippen LogP contribution >= 0.6 is 0 Å². The molecule has 5 nitrogen and oxygen atoms in total. The largest absolute Gasteiger partial charge is 0.397 e. The molecule has 3 saturated heterocycles. The third kappa shape index (κ3) is 2.18. The number of nitrogens with two attached hydrogens (primary N) is 1. The van der Waals surface area contributed by atoms with Crippen molar-refractivity contribution >= 4 is 11.6 Å². The van der Waals surface area contributed by atoms with E-state index < -0.39 is 0 Å². The molecule has 1 aromatic heterocycles. The predicted molar refractivity (Wildman–Crippen MR) is 69.1 cm³/mol. The Labute approximate surface area is 106 Å². The van der Waals surface area contributed by atoms with Crippen molar-refractivity contribution in [2.75, 3.05) is 25.4 Å². The molecule has 3 aliphatic heterocycles. The molecule has 2 bridgehead atoms. The number of amides is 1. The SMILES string of the molecule is Nc1ccc(C(=O)NC2CN3CCC2CC3)nc1. The standard InChI is InChI=1S/C13H18N4O/c14-10-1-2-11(15-7-10)13(18)16-12-8-17-5-3-9(12)4-6-17/h1-2,7,9,12H,3-6,8,14H2,(H,16,18). The van der Waals surface area contributed by atoms with Gasteiger partial charge in [0, 0.05) is 12.6 Å². The van der Waals surface area contributed by atoms with Crippen molar-refractivity contribution in [3.8, 4) is 0 Å². The van der Waals surface area contributed by atoms with E-state index in [-0.39, 0.29) is 11.9 Å². The van der Waals surface area contributed by atoms with E-state index in [1.807, 2.05) is 0 Å². The third-order valence-corrected chi connectivity index (χ3v) is 3.99. The Morgan fingerprint density at radius 2 is 2.17 bits per heavy atom. The quantitative estimate of drug-likeness (QED) is 0.796. The van der Waals surface area contributed by atoms with Crippen LogP contribution in [0.4, 0.5) is 5.69 Å². The average molecular weight is 246 g/mol. The number of fused-ring (bicyclic) bond motifs is 3. The molecule has 0 saturated carbocycles. The van der Waals surface area contributed by atoms with Gasteiger partial charge < -0.3 is 16.0 Å². The summed E-state index contributed by atoms with van der Waals surface area (Å²) in [5.74, 6) is 0.543. The van der Waals surface area contributed by atoms with Gasteiger partial charge in [-0.3, -0.25) is 4.79 Å². The summed E-state index contributed by atoms with van der Waals surface area (Å²) in [6, 6.07) is 3.66. The molecule has 1 amide bonds. The first-order chi connectivity index (χ1) is 8.72. The number of aromatic nitrogens is 1. The highest BCUT2D eigenvalue weighted by Crippen LogP contribution is 2.27. The summed E-state index contributed by atoms with van der Waals surface area (Å²) in [7, 11) is 0. The molecule has 18 heavy (non-hydrogen) atoms. The maximum atomic E-state index is 12.1. The van der Waals surface area contributed by atoms with Gasteiger partial charge in [0.2, 0.25) is 0 Å². The highest BCUT2D eigenvalue weighted by atomic mass is 16.1. The second-order valence-electron chi connectivity index (χ2n) is 5.19. The molecule has 1 aromatic rings. The molecule has 0 spiro atoms. The van der Waals surface area contributed by atoms with Crippen LogP contribution in [0.15, 0.2) is 18.3 Å². The number of carbonyl (C=O) groups excluding carboxylic acids is 1. The molecular weight excluding hydrogens is 228 g/mol. The Balaban J connectivity index is 1.66. The van der Waals surface area contributed by atoms with E-state index in [0.29, 0.717) is 17.3 Å². The summed E-state index contributed by atoms with van der Waals surface area (Å²) in [6.45, 7) is 3.33. The molecular formula is C13H18N4O. The van der Waals surface area contributed by atoms with Gasteiger partial charge in [-0.2, -0.15) is 0 Å². The fourth-order valence-corrected chi connectivity index (χ4v) is 2.91. The minimum atomic E-state index is -0.0891. The molecule has 3 N–H and O–H groups in total. The number of rotatable bonds is 2. The number of nitrogens with one attached hydrogen (secondary N) is 1. The first kappa shape index (κ1) is 11.5. The summed E-state index contributed by atoms with van der Waals surface area (Å²) in [4.78, 5) is 18.5. The zero-order valence-electron chi connectivity index (χ0n) is 10.3. The fourth-order valence-electron chi connectivity index (χ4n) is 2.91. The average Bonchev–Trinajstić information content (AvgIpc) is 2.41. The fraction of sp³-hybridized carbons (Fsp3) is 0.538. The van der Waals surface area contributed by atoms with Crippen LogP contribution in [0.1, 0.15) is 23.3 Å². The molecule has 3 aliphatic rings. The molecule has 3 fully saturated rings. The van der Waals surface area contributed by atoms with E-state index in [4.69, 9.17) is 5.73 Å². The van der Waals surface area contributed by atoms with Crippen LogP contribution in [0, 0.1) is 5.92 Å².